The van der Waals surface area contributed by atoms with Crippen molar-refractivity contribution >= 4 is 0 Å². The maximum Gasteiger partial charge on any atom is 0.120 e. The van der Waals surface area contributed by atoms with E-state index in [1.54, 1.807) is 0 Å². The summed E-state index contributed by atoms with van der Waals surface area (Å²) in [5, 5.41) is 0. The fourth-order valence-electron chi connectivity index (χ4n) is 1.56. The predicted molar refractivity (Wildman–Crippen MR) is 60.8 cm³/mol. The van der Waals surface area contributed by atoms with E-state index in [0.29, 0.717) is 6.61 Å². The van der Waals surface area contributed by atoms with Crippen LogP contribution in [-0.4, -0.2) is 0 Å². The third kappa shape index (κ3) is 2.62. The molecule has 0 saturated heterocycles. The molecule has 0 aromatic heterocycles. The average Bonchev–Trinajstić information content (AvgIpc) is 2.29. The molecule has 78 valence electrons. The van der Waals surface area contributed by atoms with Gasteiger partial charge < -0.3 is 10.5 Å². The molecule has 1 aliphatic carbocycles. The van der Waals surface area contributed by atoms with Gasteiger partial charge in [0, 0.05) is 6.42 Å². The van der Waals surface area contributed by atoms with E-state index in [2.05, 4.69) is 18.2 Å². The van der Waals surface area contributed by atoms with Gasteiger partial charge in [-0.05, 0) is 18.1 Å². The number of hydrogen-bond acceptors (Lipinski definition) is 2. The topological polar surface area (TPSA) is 35.2 Å². The van der Waals surface area contributed by atoms with E-state index >= 15 is 0 Å². The lowest BCUT2D eigenvalue weighted by molar-refractivity contribution is 0.185. The molecule has 1 aliphatic rings. The lowest BCUT2D eigenvalue weighted by Crippen LogP contribution is -2.06. The van der Waals surface area contributed by atoms with Crippen molar-refractivity contribution in [1.82, 2.24) is 0 Å². The zero-order chi connectivity index (χ0) is 10.5. The van der Waals surface area contributed by atoms with Crippen molar-refractivity contribution < 1.29 is 4.74 Å². The Bertz CT molecular complexity index is 379. The lowest BCUT2D eigenvalue weighted by Gasteiger charge is -2.14. The summed E-state index contributed by atoms with van der Waals surface area (Å²) in [5.41, 5.74) is 7.75. The Kier molecular flexibility index (Phi) is 3.08. The molecule has 0 radical (unpaired) electrons. The quantitative estimate of drug-likeness (QED) is 0.816. The van der Waals surface area contributed by atoms with Gasteiger partial charge in [-0.15, -0.1) is 0 Å². The first kappa shape index (κ1) is 9.84. The number of rotatable bonds is 3. The Balaban J connectivity index is 1.96. The molecule has 1 aromatic rings. The van der Waals surface area contributed by atoms with Crippen LogP contribution < -0.4 is 5.73 Å². The Morgan fingerprint density at radius 2 is 2.00 bits per heavy atom. The first-order valence-corrected chi connectivity index (χ1v) is 5.18. The van der Waals surface area contributed by atoms with Crippen molar-refractivity contribution in [3.05, 3.63) is 59.5 Å². The summed E-state index contributed by atoms with van der Waals surface area (Å²) in [7, 11) is 0. The summed E-state index contributed by atoms with van der Waals surface area (Å²) in [6, 6.07) is 10.1. The van der Waals surface area contributed by atoms with Crippen LogP contribution in [0.25, 0.3) is 0 Å². The number of benzene rings is 1. The Morgan fingerprint density at radius 3 is 2.73 bits per heavy atom. The summed E-state index contributed by atoms with van der Waals surface area (Å²) in [4.78, 5) is 0. The number of hydrogen-bond donors (Lipinski definition) is 1. The van der Waals surface area contributed by atoms with Crippen molar-refractivity contribution in [1.29, 1.82) is 0 Å². The molecule has 0 aliphatic heterocycles. The second-order valence-corrected chi connectivity index (χ2v) is 3.59. The van der Waals surface area contributed by atoms with Crippen LogP contribution in [0.4, 0.5) is 0 Å². The van der Waals surface area contributed by atoms with Crippen molar-refractivity contribution in [2.75, 3.05) is 0 Å². The van der Waals surface area contributed by atoms with E-state index in [1.165, 1.54) is 5.56 Å². The normalized spacial score (nSPS) is 15.5. The van der Waals surface area contributed by atoms with Crippen LogP contribution in [-0.2, 0) is 11.3 Å². The monoisotopic (exact) mass is 201 g/mol. The summed E-state index contributed by atoms with van der Waals surface area (Å²) in [6.07, 6.45) is 5.93. The molecule has 2 heteroatoms. The minimum atomic E-state index is 0.602. The van der Waals surface area contributed by atoms with Crippen molar-refractivity contribution in [2.24, 2.45) is 5.73 Å². The first-order valence-electron chi connectivity index (χ1n) is 5.18. The highest BCUT2D eigenvalue weighted by atomic mass is 16.5. The van der Waals surface area contributed by atoms with Crippen molar-refractivity contribution in [2.45, 2.75) is 19.4 Å². The number of ether oxygens (including phenoxy) is 1. The van der Waals surface area contributed by atoms with Crippen LogP contribution in [0.5, 0.6) is 0 Å². The predicted octanol–water partition coefficient (Wildman–Crippen LogP) is 2.72. The van der Waals surface area contributed by atoms with Gasteiger partial charge in [0.25, 0.3) is 0 Å². The molecular weight excluding hydrogens is 186 g/mol. The Morgan fingerprint density at radius 1 is 1.20 bits per heavy atom. The smallest absolute Gasteiger partial charge is 0.120 e. The molecule has 2 nitrogen and oxygen atoms in total. The maximum absolute atomic E-state index is 5.81. The molecule has 0 bridgehead atoms. The molecule has 0 saturated carbocycles. The summed E-state index contributed by atoms with van der Waals surface area (Å²) >= 11 is 0. The van der Waals surface area contributed by atoms with Crippen LogP contribution >= 0.6 is 0 Å². The molecule has 15 heavy (non-hydrogen) atoms. The maximum atomic E-state index is 5.81. The zero-order valence-electron chi connectivity index (χ0n) is 8.65. The molecule has 1 aromatic carbocycles. The van der Waals surface area contributed by atoms with Crippen LogP contribution in [0.3, 0.4) is 0 Å². The van der Waals surface area contributed by atoms with Crippen LogP contribution in [0.2, 0.25) is 0 Å². The molecule has 2 rings (SSSR count). The van der Waals surface area contributed by atoms with Gasteiger partial charge in [0.15, 0.2) is 0 Å². The van der Waals surface area contributed by atoms with E-state index in [1.807, 2.05) is 24.3 Å². The minimum absolute atomic E-state index is 0.602. The second-order valence-electron chi connectivity index (χ2n) is 3.59. The summed E-state index contributed by atoms with van der Waals surface area (Å²) in [6.45, 7) is 0.602. The van der Waals surface area contributed by atoms with Gasteiger partial charge >= 0.3 is 0 Å². The molecular formula is C13H15NO. The van der Waals surface area contributed by atoms with E-state index in [0.717, 1.165) is 24.3 Å². The SMILES string of the molecule is NC1=C(OCc2ccccc2)CCC=C1. The van der Waals surface area contributed by atoms with Gasteiger partial charge in [0.2, 0.25) is 0 Å². The van der Waals surface area contributed by atoms with Crippen LogP contribution in [0.1, 0.15) is 18.4 Å². The Hall–Kier alpha value is -1.70. The molecule has 0 unspecified atom stereocenters. The lowest BCUT2D eigenvalue weighted by atomic mass is 10.1. The molecule has 0 fully saturated rings. The highest BCUT2D eigenvalue weighted by Gasteiger charge is 2.06. The zero-order valence-corrected chi connectivity index (χ0v) is 8.65. The fourth-order valence-corrected chi connectivity index (χ4v) is 1.56. The molecule has 0 spiro atoms. The molecule has 0 amide bonds. The number of nitrogens with two attached hydrogens (primary N) is 1. The van der Waals surface area contributed by atoms with Gasteiger partial charge in [0.1, 0.15) is 12.4 Å². The van der Waals surface area contributed by atoms with Crippen LogP contribution in [0, 0.1) is 0 Å². The highest BCUT2D eigenvalue weighted by Crippen LogP contribution is 2.18. The van der Waals surface area contributed by atoms with Crippen LogP contribution in [0.15, 0.2) is 53.9 Å². The largest absolute Gasteiger partial charge is 0.491 e. The first-order chi connectivity index (χ1) is 7.36. The number of allylic oxidation sites excluding steroid dienone is 3. The Labute approximate surface area is 90.1 Å². The van der Waals surface area contributed by atoms with E-state index in [4.69, 9.17) is 10.5 Å². The third-order valence-corrected chi connectivity index (χ3v) is 2.41. The fraction of sp³-hybridized carbons (Fsp3) is 0.231. The third-order valence-electron chi connectivity index (χ3n) is 2.41. The van der Waals surface area contributed by atoms with Gasteiger partial charge in [-0.25, -0.2) is 0 Å². The minimum Gasteiger partial charge on any atom is -0.491 e. The van der Waals surface area contributed by atoms with E-state index in [-0.39, 0.29) is 0 Å². The molecule has 0 atom stereocenters. The van der Waals surface area contributed by atoms with E-state index in [9.17, 15) is 0 Å². The summed E-state index contributed by atoms with van der Waals surface area (Å²) < 4.78 is 5.68. The highest BCUT2D eigenvalue weighted by molar-refractivity contribution is 5.23. The summed E-state index contributed by atoms with van der Waals surface area (Å²) in [5.74, 6) is 0.918. The van der Waals surface area contributed by atoms with Crippen molar-refractivity contribution in [3.63, 3.8) is 0 Å². The van der Waals surface area contributed by atoms with Gasteiger partial charge in [0.05, 0.1) is 5.70 Å². The van der Waals surface area contributed by atoms with E-state index < -0.39 is 0 Å². The second kappa shape index (κ2) is 4.69. The van der Waals surface area contributed by atoms with Crippen molar-refractivity contribution in [3.8, 4) is 0 Å². The van der Waals surface area contributed by atoms with Gasteiger partial charge in [-0.2, -0.15) is 0 Å². The average molecular weight is 201 g/mol. The molecule has 2 N–H and O–H groups in total. The molecule has 0 heterocycles. The standard InChI is InChI=1S/C13H15NO/c14-12-8-4-5-9-13(12)15-10-11-6-2-1-3-7-11/h1-4,6-8H,5,9-10,14H2. The van der Waals surface area contributed by atoms with Gasteiger partial charge in [-0.3, -0.25) is 0 Å². The van der Waals surface area contributed by atoms with Gasteiger partial charge in [-0.1, -0.05) is 36.4 Å².